The van der Waals surface area contributed by atoms with E-state index in [1.54, 1.807) is 35.2 Å². The van der Waals surface area contributed by atoms with Gasteiger partial charge in [-0.2, -0.15) is 0 Å². The van der Waals surface area contributed by atoms with Crippen LogP contribution >= 0.6 is 0 Å². The Kier molecular flexibility index (Phi) is 6.52. The molecule has 1 aromatic rings. The molecule has 1 fully saturated rings. The van der Waals surface area contributed by atoms with Gasteiger partial charge in [0.2, 0.25) is 15.9 Å². The van der Waals surface area contributed by atoms with Gasteiger partial charge in [0.1, 0.15) is 6.61 Å². The maximum atomic E-state index is 12.1. The summed E-state index contributed by atoms with van der Waals surface area (Å²) in [6.07, 6.45) is 0. The lowest BCUT2D eigenvalue weighted by atomic mass is 10.3. The van der Waals surface area contributed by atoms with Crippen molar-refractivity contribution in [3.8, 4) is 0 Å². The number of piperazine rings is 1. The summed E-state index contributed by atoms with van der Waals surface area (Å²) in [5.74, 6) is -0.00284. The van der Waals surface area contributed by atoms with E-state index >= 15 is 0 Å². The number of ether oxygens (including phenoxy) is 1. The molecular weight excluding hydrogens is 318 g/mol. The van der Waals surface area contributed by atoms with Crippen molar-refractivity contribution in [2.75, 3.05) is 53.0 Å². The fourth-order valence-corrected chi connectivity index (χ4v) is 3.50. The molecule has 0 unspecified atom stereocenters. The summed E-state index contributed by atoms with van der Waals surface area (Å²) in [6.45, 7) is 3.85. The van der Waals surface area contributed by atoms with E-state index < -0.39 is 10.0 Å². The number of amides is 1. The van der Waals surface area contributed by atoms with Crippen LogP contribution in [0.2, 0.25) is 0 Å². The van der Waals surface area contributed by atoms with Crippen molar-refractivity contribution < 1.29 is 17.9 Å². The monoisotopic (exact) mass is 341 g/mol. The van der Waals surface area contributed by atoms with E-state index in [2.05, 4.69) is 9.62 Å². The normalized spacial score (nSPS) is 16.5. The third-order valence-corrected chi connectivity index (χ3v) is 5.24. The number of carbonyl (C=O) groups excluding carboxylic acids is 1. The first-order valence-corrected chi connectivity index (χ1v) is 9.05. The molecule has 0 saturated carbocycles. The zero-order chi connectivity index (χ0) is 16.7. The molecule has 8 heteroatoms. The van der Waals surface area contributed by atoms with Gasteiger partial charge in [-0.05, 0) is 12.1 Å². The summed E-state index contributed by atoms with van der Waals surface area (Å²) in [4.78, 5) is 15.9. The number of hydrogen-bond acceptors (Lipinski definition) is 5. The lowest BCUT2D eigenvalue weighted by Crippen LogP contribution is -2.51. The van der Waals surface area contributed by atoms with Crippen LogP contribution in [0.25, 0.3) is 0 Å². The number of nitrogens with zero attached hydrogens (tertiary/aromatic N) is 2. The highest BCUT2D eigenvalue weighted by Crippen LogP contribution is 2.07. The SMILES string of the molecule is COCC(=O)N1CCN(CCNS(=O)(=O)c2ccccc2)CC1. The Morgan fingerprint density at radius 3 is 2.43 bits per heavy atom. The number of nitrogens with one attached hydrogen (secondary N) is 1. The minimum Gasteiger partial charge on any atom is -0.375 e. The molecule has 1 N–H and O–H groups in total. The molecule has 1 aromatic carbocycles. The van der Waals surface area contributed by atoms with Crippen LogP contribution in [-0.2, 0) is 19.6 Å². The Hall–Kier alpha value is -1.48. The van der Waals surface area contributed by atoms with Crippen LogP contribution in [0.15, 0.2) is 35.2 Å². The Labute approximate surface area is 137 Å². The van der Waals surface area contributed by atoms with Crippen LogP contribution in [0.5, 0.6) is 0 Å². The van der Waals surface area contributed by atoms with E-state index in [0.29, 0.717) is 26.2 Å². The fraction of sp³-hybridized carbons (Fsp3) is 0.533. The van der Waals surface area contributed by atoms with Gasteiger partial charge in [-0.15, -0.1) is 0 Å². The Balaban J connectivity index is 1.73. The van der Waals surface area contributed by atoms with Gasteiger partial charge >= 0.3 is 0 Å². The van der Waals surface area contributed by atoms with E-state index in [4.69, 9.17) is 4.74 Å². The molecule has 23 heavy (non-hydrogen) atoms. The average Bonchev–Trinajstić information content (AvgIpc) is 2.56. The van der Waals surface area contributed by atoms with Gasteiger partial charge in [-0.25, -0.2) is 13.1 Å². The first-order valence-electron chi connectivity index (χ1n) is 7.57. The van der Waals surface area contributed by atoms with Crippen molar-refractivity contribution in [3.63, 3.8) is 0 Å². The molecule has 0 bridgehead atoms. The maximum Gasteiger partial charge on any atom is 0.248 e. The quantitative estimate of drug-likeness (QED) is 0.740. The van der Waals surface area contributed by atoms with E-state index in [1.807, 2.05) is 0 Å². The number of sulfonamides is 1. The highest BCUT2D eigenvalue weighted by molar-refractivity contribution is 7.89. The molecule has 0 aliphatic carbocycles. The Bertz CT molecular complexity index is 598. The molecule has 1 saturated heterocycles. The molecule has 0 aromatic heterocycles. The van der Waals surface area contributed by atoms with Crippen molar-refractivity contribution in [3.05, 3.63) is 30.3 Å². The molecule has 2 rings (SSSR count). The summed E-state index contributed by atoms with van der Waals surface area (Å²) >= 11 is 0. The molecule has 0 spiro atoms. The summed E-state index contributed by atoms with van der Waals surface area (Å²) < 4.78 is 31.6. The van der Waals surface area contributed by atoms with Crippen molar-refractivity contribution >= 4 is 15.9 Å². The molecule has 1 aliphatic rings. The first kappa shape index (κ1) is 17.9. The molecule has 7 nitrogen and oxygen atoms in total. The third-order valence-electron chi connectivity index (χ3n) is 3.77. The average molecular weight is 341 g/mol. The van der Waals surface area contributed by atoms with Crippen LogP contribution < -0.4 is 4.72 Å². The number of methoxy groups -OCH3 is 1. The van der Waals surface area contributed by atoms with Gasteiger partial charge in [-0.1, -0.05) is 18.2 Å². The molecule has 0 atom stereocenters. The lowest BCUT2D eigenvalue weighted by molar-refractivity contribution is -0.136. The largest absolute Gasteiger partial charge is 0.375 e. The van der Waals surface area contributed by atoms with Crippen molar-refractivity contribution in [2.45, 2.75) is 4.90 Å². The molecular formula is C15H23N3O4S. The summed E-state index contributed by atoms with van der Waals surface area (Å²) in [5.41, 5.74) is 0. The second kappa shape index (κ2) is 8.39. The zero-order valence-electron chi connectivity index (χ0n) is 13.3. The van der Waals surface area contributed by atoms with E-state index in [-0.39, 0.29) is 17.4 Å². The number of rotatable bonds is 7. The van der Waals surface area contributed by atoms with Crippen LogP contribution in [0.4, 0.5) is 0 Å². The molecule has 1 aliphatic heterocycles. The summed E-state index contributed by atoms with van der Waals surface area (Å²) in [5, 5.41) is 0. The van der Waals surface area contributed by atoms with Crippen LogP contribution in [-0.4, -0.2) is 77.1 Å². The van der Waals surface area contributed by atoms with Gasteiger partial charge in [0.05, 0.1) is 4.90 Å². The van der Waals surface area contributed by atoms with Crippen LogP contribution in [0, 0.1) is 0 Å². The van der Waals surface area contributed by atoms with E-state index in [0.717, 1.165) is 13.1 Å². The molecule has 0 radical (unpaired) electrons. The van der Waals surface area contributed by atoms with E-state index in [1.165, 1.54) is 7.11 Å². The molecule has 1 heterocycles. The van der Waals surface area contributed by atoms with Gasteiger partial charge in [0.25, 0.3) is 0 Å². The smallest absolute Gasteiger partial charge is 0.248 e. The molecule has 128 valence electrons. The fourth-order valence-electron chi connectivity index (χ4n) is 2.46. The minimum atomic E-state index is -3.45. The van der Waals surface area contributed by atoms with Gasteiger partial charge in [-0.3, -0.25) is 9.69 Å². The Morgan fingerprint density at radius 1 is 1.17 bits per heavy atom. The third kappa shape index (κ3) is 5.28. The van der Waals surface area contributed by atoms with Gasteiger partial charge in [0, 0.05) is 46.4 Å². The van der Waals surface area contributed by atoms with Crippen LogP contribution in [0.1, 0.15) is 0 Å². The highest BCUT2D eigenvalue weighted by atomic mass is 32.2. The number of carbonyl (C=O) groups is 1. The zero-order valence-corrected chi connectivity index (χ0v) is 14.1. The standard InChI is InChI=1S/C15H23N3O4S/c1-22-13-15(19)18-11-9-17(10-12-18)8-7-16-23(20,21)14-5-3-2-4-6-14/h2-6,16H,7-13H2,1H3. The second-order valence-corrected chi connectivity index (χ2v) is 7.13. The predicted octanol–water partition coefficient (Wildman–Crippen LogP) is -0.244. The van der Waals surface area contributed by atoms with Crippen LogP contribution in [0.3, 0.4) is 0 Å². The maximum absolute atomic E-state index is 12.1. The minimum absolute atomic E-state index is 0.00284. The van der Waals surface area contributed by atoms with Gasteiger partial charge < -0.3 is 9.64 Å². The highest BCUT2D eigenvalue weighted by Gasteiger charge is 2.21. The number of benzene rings is 1. The van der Waals surface area contributed by atoms with Crippen molar-refractivity contribution in [1.29, 1.82) is 0 Å². The van der Waals surface area contributed by atoms with Gasteiger partial charge in [0.15, 0.2) is 0 Å². The summed E-state index contributed by atoms with van der Waals surface area (Å²) in [6, 6.07) is 8.32. The second-order valence-electron chi connectivity index (χ2n) is 5.37. The predicted molar refractivity (Wildman–Crippen MR) is 86.5 cm³/mol. The summed E-state index contributed by atoms with van der Waals surface area (Å²) in [7, 11) is -1.94. The number of hydrogen-bond donors (Lipinski definition) is 1. The van der Waals surface area contributed by atoms with Crippen molar-refractivity contribution in [2.24, 2.45) is 0 Å². The first-order chi connectivity index (χ1) is 11.0. The van der Waals surface area contributed by atoms with E-state index in [9.17, 15) is 13.2 Å². The topological polar surface area (TPSA) is 79.0 Å². The molecule has 1 amide bonds. The lowest BCUT2D eigenvalue weighted by Gasteiger charge is -2.34. The van der Waals surface area contributed by atoms with Crippen molar-refractivity contribution in [1.82, 2.24) is 14.5 Å². The Morgan fingerprint density at radius 2 is 1.83 bits per heavy atom.